The molecule has 2 aromatic rings. The molecule has 1 atom stereocenters. The number of aryl methyl sites for hydroxylation is 1. The van der Waals surface area contributed by atoms with E-state index in [1.165, 1.54) is 0 Å². The second-order valence-corrected chi connectivity index (χ2v) is 5.86. The highest BCUT2D eigenvalue weighted by Crippen LogP contribution is 2.27. The quantitative estimate of drug-likeness (QED) is 0.912. The van der Waals surface area contributed by atoms with Crippen molar-refractivity contribution < 1.29 is 9.18 Å². The maximum Gasteiger partial charge on any atom is 0.239 e. The molecule has 0 aromatic heterocycles. The van der Waals surface area contributed by atoms with Gasteiger partial charge in [0.1, 0.15) is 11.9 Å². The Balaban J connectivity index is 1.88. The van der Waals surface area contributed by atoms with Gasteiger partial charge in [-0.1, -0.05) is 36.4 Å². The van der Waals surface area contributed by atoms with Crippen LogP contribution in [0.25, 0.3) is 0 Å². The van der Waals surface area contributed by atoms with Gasteiger partial charge in [0.25, 0.3) is 0 Å². The molecule has 2 aromatic carbocycles. The smallest absolute Gasteiger partial charge is 0.239 e. The number of fused-ring (bicyclic) bond motifs is 1. The molecular weight excluding hydrogens is 291 g/mol. The van der Waals surface area contributed by atoms with Gasteiger partial charge in [-0.2, -0.15) is 0 Å². The molecule has 23 heavy (non-hydrogen) atoms. The Morgan fingerprint density at radius 1 is 1.30 bits per heavy atom. The molecule has 4 heteroatoms. The average Bonchev–Trinajstić information content (AvgIpc) is 2.75. The van der Waals surface area contributed by atoms with E-state index in [4.69, 9.17) is 5.73 Å². The summed E-state index contributed by atoms with van der Waals surface area (Å²) in [4.78, 5) is 11.7. The van der Waals surface area contributed by atoms with Crippen molar-refractivity contribution in [1.29, 1.82) is 0 Å². The summed E-state index contributed by atoms with van der Waals surface area (Å²) in [7, 11) is 0. The summed E-state index contributed by atoms with van der Waals surface area (Å²) in [6, 6.07) is 12.7. The molecule has 0 aliphatic carbocycles. The number of hydrogen-bond donors (Lipinski definition) is 2. The minimum Gasteiger partial charge on any atom is -0.368 e. The molecule has 1 aliphatic heterocycles. The van der Waals surface area contributed by atoms with Gasteiger partial charge in [0, 0.05) is 0 Å². The maximum absolute atomic E-state index is 14.4. The van der Waals surface area contributed by atoms with Crippen LogP contribution >= 0.6 is 0 Å². The largest absolute Gasteiger partial charge is 0.368 e. The topological polar surface area (TPSA) is 55.1 Å². The van der Waals surface area contributed by atoms with Crippen LogP contribution in [0.5, 0.6) is 0 Å². The Morgan fingerprint density at radius 3 is 2.83 bits per heavy atom. The molecule has 1 amide bonds. The number of amides is 1. The number of benzene rings is 2. The minimum atomic E-state index is -0.544. The van der Waals surface area contributed by atoms with Crippen molar-refractivity contribution >= 4 is 5.91 Å². The molecule has 0 bridgehead atoms. The number of carbonyl (C=O) groups excluding carboxylic acids is 1. The lowest BCUT2D eigenvalue weighted by molar-refractivity contribution is -0.120. The van der Waals surface area contributed by atoms with Gasteiger partial charge in [-0.15, -0.1) is 0 Å². The van der Waals surface area contributed by atoms with Gasteiger partial charge >= 0.3 is 0 Å². The molecule has 3 nitrogen and oxygen atoms in total. The van der Waals surface area contributed by atoms with Crippen LogP contribution in [-0.2, 0) is 17.6 Å². The molecule has 0 saturated heterocycles. The number of rotatable bonds is 4. The Labute approximate surface area is 135 Å². The van der Waals surface area contributed by atoms with E-state index >= 15 is 0 Å². The number of nitrogens with one attached hydrogen (secondary N) is 1. The first-order valence-corrected chi connectivity index (χ1v) is 7.87. The summed E-state index contributed by atoms with van der Waals surface area (Å²) in [6.45, 7) is 0.701. The lowest BCUT2D eigenvalue weighted by Crippen LogP contribution is -2.33. The fourth-order valence-electron chi connectivity index (χ4n) is 3.02. The SMILES string of the molecule is NC(=O)C1NCCCc2cc(F)c([CH]Cc3ccccc3)cc21. The van der Waals surface area contributed by atoms with Crippen LogP contribution in [0.3, 0.4) is 0 Å². The van der Waals surface area contributed by atoms with Gasteiger partial charge in [0.15, 0.2) is 0 Å². The lowest BCUT2D eigenvalue weighted by Gasteiger charge is -2.17. The molecule has 3 rings (SSSR count). The van der Waals surface area contributed by atoms with Crippen LogP contribution in [0.15, 0.2) is 42.5 Å². The number of nitrogens with two attached hydrogens (primary N) is 1. The van der Waals surface area contributed by atoms with E-state index in [2.05, 4.69) is 5.32 Å². The monoisotopic (exact) mass is 311 g/mol. The predicted octanol–water partition coefficient (Wildman–Crippen LogP) is 2.68. The third kappa shape index (κ3) is 3.59. The zero-order valence-corrected chi connectivity index (χ0v) is 12.9. The average molecular weight is 311 g/mol. The molecular formula is C19H20FN2O. The van der Waals surface area contributed by atoms with E-state index in [1.807, 2.05) is 36.8 Å². The van der Waals surface area contributed by atoms with Crippen molar-refractivity contribution in [3.8, 4) is 0 Å². The van der Waals surface area contributed by atoms with Crippen molar-refractivity contribution in [3.63, 3.8) is 0 Å². The summed E-state index contributed by atoms with van der Waals surface area (Å²) in [5, 5.41) is 3.15. The van der Waals surface area contributed by atoms with Gasteiger partial charge in [-0.05, 0) is 60.5 Å². The Hall–Kier alpha value is -2.20. The van der Waals surface area contributed by atoms with Gasteiger partial charge in [-0.25, -0.2) is 4.39 Å². The summed E-state index contributed by atoms with van der Waals surface area (Å²) in [6.07, 6.45) is 4.12. The summed E-state index contributed by atoms with van der Waals surface area (Å²) < 4.78 is 14.4. The molecule has 119 valence electrons. The second kappa shape index (κ2) is 6.92. The van der Waals surface area contributed by atoms with Crippen molar-refractivity contribution in [3.05, 3.63) is 77.0 Å². The summed E-state index contributed by atoms with van der Waals surface area (Å²) >= 11 is 0. The van der Waals surface area contributed by atoms with Crippen LogP contribution in [-0.4, -0.2) is 12.5 Å². The third-order valence-corrected chi connectivity index (χ3v) is 4.23. The third-order valence-electron chi connectivity index (χ3n) is 4.23. The molecule has 1 aliphatic rings. The Bertz CT molecular complexity index is 700. The van der Waals surface area contributed by atoms with E-state index in [0.29, 0.717) is 18.5 Å². The minimum absolute atomic E-state index is 0.246. The molecule has 1 unspecified atom stereocenters. The lowest BCUT2D eigenvalue weighted by atomic mass is 9.93. The van der Waals surface area contributed by atoms with Gasteiger partial charge in [0.05, 0.1) is 0 Å². The molecule has 0 fully saturated rings. The number of halogens is 1. The first-order valence-electron chi connectivity index (χ1n) is 7.87. The highest BCUT2D eigenvalue weighted by Gasteiger charge is 2.24. The first kappa shape index (κ1) is 15.7. The second-order valence-electron chi connectivity index (χ2n) is 5.86. The van der Waals surface area contributed by atoms with Crippen LogP contribution < -0.4 is 11.1 Å². The van der Waals surface area contributed by atoms with E-state index in [0.717, 1.165) is 29.5 Å². The van der Waals surface area contributed by atoms with Crippen molar-refractivity contribution in [2.24, 2.45) is 5.73 Å². The molecule has 0 saturated carbocycles. The number of primary amides is 1. The number of carbonyl (C=O) groups is 1. The fourth-order valence-corrected chi connectivity index (χ4v) is 3.02. The zero-order chi connectivity index (χ0) is 16.2. The predicted molar refractivity (Wildman–Crippen MR) is 88.2 cm³/mol. The summed E-state index contributed by atoms with van der Waals surface area (Å²) in [5.74, 6) is -0.668. The van der Waals surface area contributed by atoms with E-state index in [-0.39, 0.29) is 5.82 Å². The van der Waals surface area contributed by atoms with E-state index < -0.39 is 11.9 Å². The fraction of sp³-hybridized carbons (Fsp3) is 0.263. The van der Waals surface area contributed by atoms with Crippen molar-refractivity contribution in [2.45, 2.75) is 25.3 Å². The van der Waals surface area contributed by atoms with E-state index in [1.54, 1.807) is 12.1 Å². The van der Waals surface area contributed by atoms with Crippen molar-refractivity contribution in [1.82, 2.24) is 5.32 Å². The van der Waals surface area contributed by atoms with E-state index in [9.17, 15) is 9.18 Å². The van der Waals surface area contributed by atoms with Crippen LogP contribution in [0.4, 0.5) is 4.39 Å². The standard InChI is InChI=1S/C19H20FN2O/c20-17-12-14-7-4-10-22-18(19(21)23)16(14)11-15(17)9-8-13-5-2-1-3-6-13/h1-3,5-6,9,11-12,18,22H,4,7-8,10H2,(H2,21,23). The summed E-state index contributed by atoms with van der Waals surface area (Å²) in [5.41, 5.74) is 8.80. The number of hydrogen-bond acceptors (Lipinski definition) is 2. The van der Waals surface area contributed by atoms with Gasteiger partial charge in [-0.3, -0.25) is 4.79 Å². The highest BCUT2D eigenvalue weighted by atomic mass is 19.1. The molecule has 0 spiro atoms. The van der Waals surface area contributed by atoms with Gasteiger partial charge < -0.3 is 11.1 Å². The first-order chi connectivity index (χ1) is 11.1. The van der Waals surface area contributed by atoms with Crippen LogP contribution in [0, 0.1) is 12.2 Å². The maximum atomic E-state index is 14.4. The molecule has 3 N–H and O–H groups in total. The zero-order valence-electron chi connectivity index (χ0n) is 12.9. The normalized spacial score (nSPS) is 17.3. The Kier molecular flexibility index (Phi) is 4.72. The highest BCUT2D eigenvalue weighted by molar-refractivity contribution is 5.82. The van der Waals surface area contributed by atoms with Crippen LogP contribution in [0.2, 0.25) is 0 Å². The molecule has 1 radical (unpaired) electrons. The Morgan fingerprint density at radius 2 is 2.09 bits per heavy atom. The van der Waals surface area contributed by atoms with Gasteiger partial charge in [0.2, 0.25) is 5.91 Å². The molecule has 1 heterocycles. The van der Waals surface area contributed by atoms with Crippen LogP contribution in [0.1, 0.15) is 34.7 Å². The van der Waals surface area contributed by atoms with Crippen molar-refractivity contribution in [2.75, 3.05) is 6.54 Å².